The topological polar surface area (TPSA) is 12.0 Å². The molecule has 0 aliphatic heterocycles. The van der Waals surface area contributed by atoms with Gasteiger partial charge in [-0.1, -0.05) is 48.5 Å². The van der Waals surface area contributed by atoms with Crippen LogP contribution in [0.25, 0.3) is 0 Å². The molecule has 1 saturated carbocycles. The van der Waals surface area contributed by atoms with Gasteiger partial charge in [0, 0.05) is 6.04 Å². The summed E-state index contributed by atoms with van der Waals surface area (Å²) in [6.45, 7) is 17.8. The smallest absolute Gasteiger partial charge is 0.00104 e. The zero-order chi connectivity index (χ0) is 13.3. The molecule has 0 aromatic carbocycles. The van der Waals surface area contributed by atoms with Crippen molar-refractivity contribution in [1.82, 2.24) is 5.32 Å². The molecule has 1 rings (SSSR count). The van der Waals surface area contributed by atoms with Gasteiger partial charge in [0.2, 0.25) is 0 Å². The highest BCUT2D eigenvalue weighted by atomic mass is 14.9. The van der Waals surface area contributed by atoms with Crippen molar-refractivity contribution in [3.63, 3.8) is 0 Å². The molecule has 0 heterocycles. The van der Waals surface area contributed by atoms with Crippen molar-refractivity contribution in [3.05, 3.63) is 0 Å². The van der Waals surface area contributed by atoms with Crippen LogP contribution in [0.2, 0.25) is 0 Å². The summed E-state index contributed by atoms with van der Waals surface area (Å²) in [5, 5.41) is 3.64. The lowest BCUT2D eigenvalue weighted by atomic mass is 9.59. The van der Waals surface area contributed by atoms with Crippen molar-refractivity contribution in [2.75, 3.05) is 6.54 Å². The van der Waals surface area contributed by atoms with Crippen molar-refractivity contribution in [2.45, 2.75) is 73.8 Å². The molecule has 1 aliphatic rings. The van der Waals surface area contributed by atoms with Gasteiger partial charge in [0.15, 0.2) is 0 Å². The predicted molar refractivity (Wildman–Crippen MR) is 77.2 cm³/mol. The molecule has 2 atom stereocenters. The third-order valence-corrected chi connectivity index (χ3v) is 4.43. The van der Waals surface area contributed by atoms with Gasteiger partial charge in [0.25, 0.3) is 0 Å². The Bertz CT molecular complexity index is 232. The van der Waals surface area contributed by atoms with Crippen molar-refractivity contribution >= 4 is 0 Å². The first-order chi connectivity index (χ1) is 7.62. The van der Waals surface area contributed by atoms with E-state index in [1.807, 2.05) is 0 Å². The van der Waals surface area contributed by atoms with E-state index in [1.54, 1.807) is 0 Å². The van der Waals surface area contributed by atoms with Crippen molar-refractivity contribution < 1.29 is 0 Å². The van der Waals surface area contributed by atoms with Crippen LogP contribution in [0.4, 0.5) is 0 Å². The lowest BCUT2D eigenvalue weighted by molar-refractivity contribution is 0.0390. The fourth-order valence-electron chi connectivity index (χ4n) is 3.29. The van der Waals surface area contributed by atoms with Gasteiger partial charge in [-0.15, -0.1) is 0 Å². The van der Waals surface area contributed by atoms with Crippen LogP contribution in [0, 0.1) is 22.7 Å². The monoisotopic (exact) mass is 239 g/mol. The summed E-state index contributed by atoms with van der Waals surface area (Å²) >= 11 is 0. The Hall–Kier alpha value is -0.0400. The van der Waals surface area contributed by atoms with Crippen LogP contribution in [0.15, 0.2) is 0 Å². The molecule has 0 spiro atoms. The minimum absolute atomic E-state index is 0.445. The van der Waals surface area contributed by atoms with Gasteiger partial charge in [0.1, 0.15) is 0 Å². The SMILES string of the molecule is CC(C)NCC1CCC(C)(C)CC1C(C)(C)C. The molecule has 1 N–H and O–H groups in total. The molecular formula is C16H33N. The third-order valence-electron chi connectivity index (χ3n) is 4.43. The highest BCUT2D eigenvalue weighted by Crippen LogP contribution is 2.48. The molecular weight excluding hydrogens is 206 g/mol. The fourth-order valence-corrected chi connectivity index (χ4v) is 3.29. The predicted octanol–water partition coefficient (Wildman–Crippen LogP) is 4.47. The van der Waals surface area contributed by atoms with E-state index < -0.39 is 0 Å². The van der Waals surface area contributed by atoms with Gasteiger partial charge < -0.3 is 5.32 Å². The third kappa shape index (κ3) is 4.62. The molecule has 0 amide bonds. The maximum absolute atomic E-state index is 3.64. The lowest BCUT2D eigenvalue weighted by Gasteiger charge is -2.47. The summed E-state index contributed by atoms with van der Waals surface area (Å²) in [6.07, 6.45) is 4.18. The normalized spacial score (nSPS) is 29.6. The molecule has 0 bridgehead atoms. The van der Waals surface area contributed by atoms with Crippen molar-refractivity contribution in [1.29, 1.82) is 0 Å². The summed E-state index contributed by atoms with van der Waals surface area (Å²) in [7, 11) is 0. The highest BCUT2D eigenvalue weighted by molar-refractivity contribution is 4.91. The summed E-state index contributed by atoms with van der Waals surface area (Å²) in [5.41, 5.74) is 0.993. The van der Waals surface area contributed by atoms with Gasteiger partial charge >= 0.3 is 0 Å². The van der Waals surface area contributed by atoms with E-state index in [2.05, 4.69) is 53.8 Å². The number of hydrogen-bond acceptors (Lipinski definition) is 1. The Morgan fingerprint density at radius 1 is 1.24 bits per heavy atom. The Labute approximate surface area is 109 Å². The molecule has 17 heavy (non-hydrogen) atoms. The molecule has 0 radical (unpaired) electrons. The van der Waals surface area contributed by atoms with E-state index in [9.17, 15) is 0 Å². The lowest BCUT2D eigenvalue weighted by Crippen LogP contribution is -2.42. The highest BCUT2D eigenvalue weighted by Gasteiger charge is 2.40. The van der Waals surface area contributed by atoms with Crippen LogP contribution >= 0.6 is 0 Å². The second-order valence-corrected chi connectivity index (χ2v) is 8.20. The van der Waals surface area contributed by atoms with Crippen molar-refractivity contribution in [3.8, 4) is 0 Å². The number of rotatable bonds is 3. The van der Waals surface area contributed by atoms with E-state index in [-0.39, 0.29) is 0 Å². The van der Waals surface area contributed by atoms with Gasteiger partial charge in [-0.05, 0) is 48.5 Å². The van der Waals surface area contributed by atoms with E-state index in [0.29, 0.717) is 16.9 Å². The Balaban J connectivity index is 2.68. The maximum Gasteiger partial charge on any atom is 0.00104 e. The van der Waals surface area contributed by atoms with E-state index >= 15 is 0 Å². The van der Waals surface area contributed by atoms with E-state index in [0.717, 1.165) is 11.8 Å². The summed E-state index contributed by atoms with van der Waals surface area (Å²) in [4.78, 5) is 0. The first-order valence-corrected chi connectivity index (χ1v) is 7.35. The summed E-state index contributed by atoms with van der Waals surface area (Å²) < 4.78 is 0. The zero-order valence-corrected chi connectivity index (χ0v) is 13.1. The quantitative estimate of drug-likeness (QED) is 0.766. The molecule has 0 saturated heterocycles. The van der Waals surface area contributed by atoms with Crippen LogP contribution in [-0.2, 0) is 0 Å². The van der Waals surface area contributed by atoms with Crippen LogP contribution in [0.1, 0.15) is 67.7 Å². The van der Waals surface area contributed by atoms with Gasteiger partial charge in [0.05, 0.1) is 0 Å². The van der Waals surface area contributed by atoms with Crippen LogP contribution in [-0.4, -0.2) is 12.6 Å². The first kappa shape index (κ1) is 15.0. The minimum atomic E-state index is 0.445. The Kier molecular flexibility index (Phi) is 4.68. The molecule has 1 heteroatoms. The average Bonchev–Trinajstić information content (AvgIpc) is 2.13. The first-order valence-electron chi connectivity index (χ1n) is 7.35. The van der Waals surface area contributed by atoms with Crippen LogP contribution in [0.5, 0.6) is 0 Å². The van der Waals surface area contributed by atoms with E-state index in [1.165, 1.54) is 25.8 Å². The standard InChI is InChI=1S/C16H33N/c1-12(2)17-11-13-8-9-16(6,7)10-14(13)15(3,4)5/h12-14,17H,8-11H2,1-7H3. The summed E-state index contributed by atoms with van der Waals surface area (Å²) in [6, 6.07) is 0.616. The maximum atomic E-state index is 3.64. The zero-order valence-electron chi connectivity index (χ0n) is 13.1. The largest absolute Gasteiger partial charge is 0.314 e. The molecule has 0 aromatic heterocycles. The van der Waals surface area contributed by atoms with Crippen LogP contribution < -0.4 is 5.32 Å². The van der Waals surface area contributed by atoms with Gasteiger partial charge in [-0.2, -0.15) is 0 Å². The van der Waals surface area contributed by atoms with Crippen molar-refractivity contribution in [2.24, 2.45) is 22.7 Å². The minimum Gasteiger partial charge on any atom is -0.314 e. The number of hydrogen-bond donors (Lipinski definition) is 1. The molecule has 0 aromatic rings. The van der Waals surface area contributed by atoms with Gasteiger partial charge in [-0.3, -0.25) is 0 Å². The number of nitrogens with one attached hydrogen (secondary N) is 1. The second-order valence-electron chi connectivity index (χ2n) is 8.20. The molecule has 1 nitrogen and oxygen atoms in total. The fraction of sp³-hybridized carbons (Fsp3) is 1.00. The second kappa shape index (κ2) is 5.30. The Morgan fingerprint density at radius 3 is 2.29 bits per heavy atom. The van der Waals surface area contributed by atoms with Gasteiger partial charge in [-0.25, -0.2) is 0 Å². The molecule has 1 fully saturated rings. The molecule has 102 valence electrons. The summed E-state index contributed by atoms with van der Waals surface area (Å²) in [5.74, 6) is 1.72. The molecule has 1 aliphatic carbocycles. The average molecular weight is 239 g/mol. The molecule has 2 unspecified atom stereocenters. The van der Waals surface area contributed by atoms with E-state index in [4.69, 9.17) is 0 Å². The Morgan fingerprint density at radius 2 is 1.82 bits per heavy atom. The van der Waals surface area contributed by atoms with Crippen LogP contribution in [0.3, 0.4) is 0 Å².